The van der Waals surface area contributed by atoms with Crippen molar-refractivity contribution in [2.45, 2.75) is 18.9 Å². The fourth-order valence-corrected chi connectivity index (χ4v) is 4.07. The van der Waals surface area contributed by atoms with Gasteiger partial charge in [-0.25, -0.2) is 8.42 Å². The van der Waals surface area contributed by atoms with Gasteiger partial charge >= 0.3 is 0 Å². The Hall–Kier alpha value is -0.650. The Kier molecular flexibility index (Phi) is 3.94. The maximum atomic E-state index is 11.3. The number of benzene rings is 1. The molecule has 1 aromatic rings. The average Bonchev–Trinajstić information content (AvgIpc) is 2.25. The third-order valence-corrected chi connectivity index (χ3v) is 5.28. The first-order chi connectivity index (χ1) is 8.37. The van der Waals surface area contributed by atoms with E-state index in [9.17, 15) is 8.42 Å². The molecule has 1 heterocycles. The molecular formula is C11H14Cl2N2O2S. The van der Waals surface area contributed by atoms with Crippen molar-refractivity contribution < 1.29 is 8.42 Å². The van der Waals surface area contributed by atoms with E-state index in [2.05, 4.69) is 5.32 Å². The van der Waals surface area contributed by atoms with E-state index in [0.717, 1.165) is 0 Å². The molecule has 0 radical (unpaired) electrons. The van der Waals surface area contributed by atoms with Gasteiger partial charge in [0, 0.05) is 11.7 Å². The molecule has 3 N–H and O–H groups in total. The number of hydrogen-bond donors (Lipinski definition) is 2. The van der Waals surface area contributed by atoms with E-state index in [1.807, 2.05) is 0 Å². The lowest BCUT2D eigenvalue weighted by molar-refractivity contribution is 0.559. The molecule has 18 heavy (non-hydrogen) atoms. The molecular weight excluding hydrogens is 295 g/mol. The molecule has 1 aliphatic rings. The molecule has 1 aromatic carbocycles. The summed E-state index contributed by atoms with van der Waals surface area (Å²) in [7, 11) is -2.86. The van der Waals surface area contributed by atoms with Gasteiger partial charge in [0.15, 0.2) is 0 Å². The summed E-state index contributed by atoms with van der Waals surface area (Å²) in [6, 6.07) is 3.32. The molecule has 2 rings (SSSR count). The lowest BCUT2D eigenvalue weighted by Gasteiger charge is -2.25. The summed E-state index contributed by atoms with van der Waals surface area (Å²) < 4.78 is 22.7. The lowest BCUT2D eigenvalue weighted by atomic mass is 10.1. The van der Waals surface area contributed by atoms with Crippen molar-refractivity contribution in [1.82, 2.24) is 0 Å². The molecule has 0 saturated carbocycles. The van der Waals surface area contributed by atoms with Crippen molar-refractivity contribution >= 4 is 44.4 Å². The molecule has 0 unspecified atom stereocenters. The molecule has 4 nitrogen and oxygen atoms in total. The van der Waals surface area contributed by atoms with Crippen LogP contribution in [0.5, 0.6) is 0 Å². The Morgan fingerprint density at radius 3 is 2.17 bits per heavy atom. The number of halogens is 2. The van der Waals surface area contributed by atoms with Gasteiger partial charge in [-0.2, -0.15) is 0 Å². The highest BCUT2D eigenvalue weighted by atomic mass is 35.5. The number of anilines is 2. The Labute approximate surface area is 116 Å². The number of nitrogens with one attached hydrogen (secondary N) is 1. The van der Waals surface area contributed by atoms with Gasteiger partial charge < -0.3 is 11.1 Å². The van der Waals surface area contributed by atoms with Gasteiger partial charge in [0.1, 0.15) is 9.84 Å². The minimum atomic E-state index is -2.86. The van der Waals surface area contributed by atoms with Crippen LogP contribution in [-0.4, -0.2) is 26.0 Å². The van der Waals surface area contributed by atoms with Gasteiger partial charge in [0.25, 0.3) is 0 Å². The fourth-order valence-electron chi connectivity index (χ4n) is 1.97. The number of sulfone groups is 1. The molecule has 0 spiro atoms. The second-order valence-corrected chi connectivity index (χ2v) is 7.55. The van der Waals surface area contributed by atoms with Crippen molar-refractivity contribution in [2.75, 3.05) is 22.6 Å². The zero-order chi connectivity index (χ0) is 13.3. The first-order valence-corrected chi connectivity index (χ1v) is 8.16. The SMILES string of the molecule is Nc1cc(Cl)c(NC2CCS(=O)(=O)CC2)c(Cl)c1. The minimum absolute atomic E-state index is 0.0761. The molecule has 7 heteroatoms. The summed E-state index contributed by atoms with van der Waals surface area (Å²) in [5, 5.41) is 4.10. The van der Waals surface area contributed by atoms with Gasteiger partial charge in [-0.3, -0.25) is 0 Å². The topological polar surface area (TPSA) is 72.2 Å². The van der Waals surface area contributed by atoms with Gasteiger partial charge in [-0.15, -0.1) is 0 Å². The smallest absolute Gasteiger partial charge is 0.150 e. The third-order valence-electron chi connectivity index (χ3n) is 2.97. The van der Waals surface area contributed by atoms with E-state index in [0.29, 0.717) is 34.3 Å². The minimum Gasteiger partial charge on any atom is -0.399 e. The van der Waals surface area contributed by atoms with Crippen LogP contribution in [-0.2, 0) is 9.84 Å². The summed E-state index contributed by atoms with van der Waals surface area (Å²) in [5.74, 6) is 0.407. The van der Waals surface area contributed by atoms with Crippen LogP contribution in [0.15, 0.2) is 12.1 Å². The second kappa shape index (κ2) is 5.15. The van der Waals surface area contributed by atoms with Crippen molar-refractivity contribution in [3.63, 3.8) is 0 Å². The molecule has 1 aliphatic heterocycles. The van der Waals surface area contributed by atoms with E-state index in [1.54, 1.807) is 12.1 Å². The number of hydrogen-bond acceptors (Lipinski definition) is 4. The summed E-state index contributed by atoms with van der Waals surface area (Å²) in [6.45, 7) is 0. The van der Waals surface area contributed by atoms with E-state index in [4.69, 9.17) is 28.9 Å². The monoisotopic (exact) mass is 308 g/mol. The molecule has 0 aromatic heterocycles. The highest BCUT2D eigenvalue weighted by Gasteiger charge is 2.24. The van der Waals surface area contributed by atoms with Crippen LogP contribution < -0.4 is 11.1 Å². The Bertz CT molecular complexity index is 523. The zero-order valence-electron chi connectivity index (χ0n) is 9.62. The Morgan fingerprint density at radius 2 is 1.67 bits per heavy atom. The van der Waals surface area contributed by atoms with Crippen molar-refractivity contribution in [2.24, 2.45) is 0 Å². The fraction of sp³-hybridized carbons (Fsp3) is 0.455. The summed E-state index contributed by atoms with van der Waals surface area (Å²) in [6.07, 6.45) is 1.14. The summed E-state index contributed by atoms with van der Waals surface area (Å²) >= 11 is 12.1. The second-order valence-electron chi connectivity index (χ2n) is 4.43. The van der Waals surface area contributed by atoms with Gasteiger partial charge in [0.05, 0.1) is 27.2 Å². The van der Waals surface area contributed by atoms with Crippen molar-refractivity contribution in [3.8, 4) is 0 Å². The molecule has 0 bridgehead atoms. The van der Waals surface area contributed by atoms with Crippen LogP contribution in [0, 0.1) is 0 Å². The zero-order valence-corrected chi connectivity index (χ0v) is 11.9. The molecule has 1 saturated heterocycles. The van der Waals surface area contributed by atoms with Crippen LogP contribution in [0.2, 0.25) is 10.0 Å². The van der Waals surface area contributed by atoms with Crippen LogP contribution in [0.1, 0.15) is 12.8 Å². The van der Waals surface area contributed by atoms with E-state index >= 15 is 0 Å². The van der Waals surface area contributed by atoms with Crippen LogP contribution in [0.3, 0.4) is 0 Å². The van der Waals surface area contributed by atoms with E-state index in [1.165, 1.54) is 0 Å². The Balaban J connectivity index is 2.11. The summed E-state index contributed by atoms with van der Waals surface area (Å²) in [5.41, 5.74) is 6.74. The van der Waals surface area contributed by atoms with Gasteiger partial charge in [-0.1, -0.05) is 23.2 Å². The molecule has 1 fully saturated rings. The largest absolute Gasteiger partial charge is 0.399 e. The van der Waals surface area contributed by atoms with Crippen molar-refractivity contribution in [3.05, 3.63) is 22.2 Å². The van der Waals surface area contributed by atoms with Gasteiger partial charge in [0.2, 0.25) is 0 Å². The van der Waals surface area contributed by atoms with Crippen molar-refractivity contribution in [1.29, 1.82) is 0 Å². The maximum absolute atomic E-state index is 11.3. The highest BCUT2D eigenvalue weighted by molar-refractivity contribution is 7.91. The average molecular weight is 309 g/mol. The lowest BCUT2D eigenvalue weighted by Crippen LogP contribution is -2.32. The predicted octanol–water partition coefficient (Wildman–Crippen LogP) is 2.56. The number of nitrogen functional groups attached to an aromatic ring is 1. The number of rotatable bonds is 2. The molecule has 0 atom stereocenters. The van der Waals surface area contributed by atoms with Crippen LogP contribution in [0.25, 0.3) is 0 Å². The normalized spacial score (nSPS) is 19.7. The highest BCUT2D eigenvalue weighted by Crippen LogP contribution is 2.34. The molecule has 0 aliphatic carbocycles. The van der Waals surface area contributed by atoms with Gasteiger partial charge in [-0.05, 0) is 25.0 Å². The van der Waals surface area contributed by atoms with Crippen LogP contribution in [0.4, 0.5) is 11.4 Å². The molecule has 0 amide bonds. The quantitative estimate of drug-likeness (QED) is 0.824. The summed E-state index contributed by atoms with van der Waals surface area (Å²) in [4.78, 5) is 0. The predicted molar refractivity (Wildman–Crippen MR) is 76.2 cm³/mol. The number of nitrogens with two attached hydrogens (primary N) is 1. The maximum Gasteiger partial charge on any atom is 0.150 e. The first kappa shape index (κ1) is 13.8. The molecule has 100 valence electrons. The van der Waals surface area contributed by atoms with Crippen LogP contribution >= 0.6 is 23.2 Å². The van der Waals surface area contributed by atoms with E-state index in [-0.39, 0.29) is 17.5 Å². The third kappa shape index (κ3) is 3.22. The van der Waals surface area contributed by atoms with E-state index < -0.39 is 9.84 Å². The first-order valence-electron chi connectivity index (χ1n) is 5.59. The Morgan fingerprint density at radius 1 is 1.17 bits per heavy atom. The standard InChI is InChI=1S/C11H14Cl2N2O2S/c12-9-5-7(14)6-10(13)11(9)15-8-1-3-18(16,17)4-2-8/h5-6,8,15H,1-4,14H2.